The largest absolute Gasteiger partial charge is 0.462 e. The smallest absolute Gasteiger partial charge is 0.306 e. The average molecular weight is 877 g/mol. The minimum absolute atomic E-state index is 0.0613. The van der Waals surface area contributed by atoms with E-state index in [-0.39, 0.29) is 31.1 Å². The van der Waals surface area contributed by atoms with Crippen molar-refractivity contribution in [2.75, 3.05) is 13.2 Å². The number of rotatable bonds is 52. The Morgan fingerprint density at radius 1 is 0.258 bits per heavy atom. The summed E-state index contributed by atoms with van der Waals surface area (Å²) in [5.74, 6) is -0.835. The standard InChI is InChI=1S/C56H108O6/c1-4-7-10-13-16-19-22-25-27-28-29-30-32-35-38-41-44-47-50-56(59)62-53(51-60-54(57)48-45-42-39-36-33-24-21-18-15-12-9-6-3)52-61-55(58)49-46-43-40-37-34-31-26-23-20-17-14-11-8-5-2/h53H,4-52H2,1-3H3/t53-/m1/s1. The fourth-order valence-electron chi connectivity index (χ4n) is 8.62. The molecule has 0 aromatic heterocycles. The second-order valence-electron chi connectivity index (χ2n) is 19.2. The summed E-state index contributed by atoms with van der Waals surface area (Å²) in [6.07, 6.45) is 56.6. The van der Waals surface area contributed by atoms with Gasteiger partial charge in [0, 0.05) is 19.3 Å². The Morgan fingerprint density at radius 3 is 0.645 bits per heavy atom. The summed E-state index contributed by atoms with van der Waals surface area (Å²) in [6.45, 7) is 6.70. The van der Waals surface area contributed by atoms with Gasteiger partial charge in [0.1, 0.15) is 13.2 Å². The number of hydrogen-bond acceptors (Lipinski definition) is 6. The van der Waals surface area contributed by atoms with Gasteiger partial charge in [0.25, 0.3) is 0 Å². The summed E-state index contributed by atoms with van der Waals surface area (Å²) in [4.78, 5) is 38.0. The van der Waals surface area contributed by atoms with E-state index in [1.54, 1.807) is 0 Å². The zero-order valence-electron chi connectivity index (χ0n) is 42.2. The number of esters is 3. The molecule has 62 heavy (non-hydrogen) atoms. The molecule has 368 valence electrons. The molecule has 0 heterocycles. The van der Waals surface area contributed by atoms with Crippen molar-refractivity contribution < 1.29 is 28.6 Å². The van der Waals surface area contributed by atoms with Gasteiger partial charge in [0.2, 0.25) is 0 Å². The van der Waals surface area contributed by atoms with E-state index in [0.717, 1.165) is 57.8 Å². The predicted molar refractivity (Wildman–Crippen MR) is 266 cm³/mol. The van der Waals surface area contributed by atoms with Gasteiger partial charge in [0.05, 0.1) is 0 Å². The molecule has 6 heteroatoms. The monoisotopic (exact) mass is 877 g/mol. The maximum absolute atomic E-state index is 12.8. The SMILES string of the molecule is CCCCCCCCCCCCCCCCCCCCC(=O)O[C@H](COC(=O)CCCCCCCCCCCCCC)COC(=O)CCCCCCCCCCCCCCCC. The van der Waals surface area contributed by atoms with Gasteiger partial charge in [-0.25, -0.2) is 0 Å². The van der Waals surface area contributed by atoms with Crippen LogP contribution < -0.4 is 0 Å². The zero-order chi connectivity index (χ0) is 45.1. The molecular formula is C56H108O6. The number of unbranched alkanes of at least 4 members (excludes halogenated alkanes) is 41. The van der Waals surface area contributed by atoms with Crippen molar-refractivity contribution >= 4 is 17.9 Å². The van der Waals surface area contributed by atoms with Crippen LogP contribution in [0, 0.1) is 0 Å². The minimum Gasteiger partial charge on any atom is -0.462 e. The summed E-state index contributed by atoms with van der Waals surface area (Å²) in [5, 5.41) is 0. The van der Waals surface area contributed by atoms with E-state index >= 15 is 0 Å². The molecular weight excluding hydrogens is 769 g/mol. The zero-order valence-corrected chi connectivity index (χ0v) is 42.2. The lowest BCUT2D eigenvalue weighted by molar-refractivity contribution is -0.167. The Labute approximate surface area is 387 Å². The molecule has 0 rings (SSSR count). The number of hydrogen-bond donors (Lipinski definition) is 0. The van der Waals surface area contributed by atoms with Crippen molar-refractivity contribution in [3.8, 4) is 0 Å². The lowest BCUT2D eigenvalue weighted by atomic mass is 10.0. The fraction of sp³-hybridized carbons (Fsp3) is 0.946. The highest BCUT2D eigenvalue weighted by Crippen LogP contribution is 2.17. The second kappa shape index (κ2) is 52.0. The molecule has 0 fully saturated rings. The number of ether oxygens (including phenoxy) is 3. The lowest BCUT2D eigenvalue weighted by Crippen LogP contribution is -2.30. The van der Waals surface area contributed by atoms with Crippen LogP contribution in [0.25, 0.3) is 0 Å². The van der Waals surface area contributed by atoms with Crippen LogP contribution in [0.1, 0.15) is 323 Å². The molecule has 0 aromatic carbocycles. The maximum Gasteiger partial charge on any atom is 0.306 e. The molecule has 0 spiro atoms. The normalized spacial score (nSPS) is 11.9. The number of carbonyl (C=O) groups is 3. The Hall–Kier alpha value is -1.59. The lowest BCUT2D eigenvalue weighted by Gasteiger charge is -2.18. The highest BCUT2D eigenvalue weighted by Gasteiger charge is 2.19. The molecule has 0 aromatic rings. The average Bonchev–Trinajstić information content (AvgIpc) is 3.27. The van der Waals surface area contributed by atoms with E-state index in [1.165, 1.54) is 225 Å². The van der Waals surface area contributed by atoms with Crippen molar-refractivity contribution in [2.24, 2.45) is 0 Å². The first-order chi connectivity index (χ1) is 30.5. The van der Waals surface area contributed by atoms with E-state index in [4.69, 9.17) is 14.2 Å². The molecule has 0 saturated carbocycles. The first-order valence-electron chi connectivity index (χ1n) is 28.0. The molecule has 0 aliphatic rings. The van der Waals surface area contributed by atoms with Gasteiger partial charge >= 0.3 is 17.9 Å². The van der Waals surface area contributed by atoms with Crippen molar-refractivity contribution in [2.45, 2.75) is 329 Å². The van der Waals surface area contributed by atoms with Crippen LogP contribution in [-0.2, 0) is 28.6 Å². The molecule has 0 unspecified atom stereocenters. The third-order valence-corrected chi connectivity index (χ3v) is 12.9. The van der Waals surface area contributed by atoms with Crippen LogP contribution in [0.3, 0.4) is 0 Å². The Balaban J connectivity index is 4.27. The Morgan fingerprint density at radius 2 is 0.435 bits per heavy atom. The van der Waals surface area contributed by atoms with Gasteiger partial charge in [-0.3, -0.25) is 14.4 Å². The molecule has 0 amide bonds. The van der Waals surface area contributed by atoms with E-state index in [0.29, 0.717) is 19.3 Å². The van der Waals surface area contributed by atoms with Gasteiger partial charge in [-0.1, -0.05) is 284 Å². The fourth-order valence-corrected chi connectivity index (χ4v) is 8.62. The van der Waals surface area contributed by atoms with Crippen LogP contribution in [0.2, 0.25) is 0 Å². The summed E-state index contributed by atoms with van der Waals surface area (Å²) in [5.41, 5.74) is 0. The van der Waals surface area contributed by atoms with Gasteiger partial charge in [-0.05, 0) is 19.3 Å². The molecule has 1 atom stereocenters. The first kappa shape index (κ1) is 60.4. The first-order valence-corrected chi connectivity index (χ1v) is 28.0. The van der Waals surface area contributed by atoms with Gasteiger partial charge < -0.3 is 14.2 Å². The molecule has 6 nitrogen and oxygen atoms in total. The van der Waals surface area contributed by atoms with Gasteiger partial charge in [0.15, 0.2) is 6.10 Å². The van der Waals surface area contributed by atoms with E-state index in [1.807, 2.05) is 0 Å². The topological polar surface area (TPSA) is 78.9 Å². The summed E-state index contributed by atoms with van der Waals surface area (Å²) in [7, 11) is 0. The van der Waals surface area contributed by atoms with Crippen molar-refractivity contribution in [3.05, 3.63) is 0 Å². The second-order valence-corrected chi connectivity index (χ2v) is 19.2. The van der Waals surface area contributed by atoms with Crippen molar-refractivity contribution in [1.82, 2.24) is 0 Å². The van der Waals surface area contributed by atoms with Crippen LogP contribution >= 0.6 is 0 Å². The highest BCUT2D eigenvalue weighted by atomic mass is 16.6. The summed E-state index contributed by atoms with van der Waals surface area (Å²) < 4.78 is 16.9. The van der Waals surface area contributed by atoms with Gasteiger partial charge in [-0.15, -0.1) is 0 Å². The third kappa shape index (κ3) is 49.4. The van der Waals surface area contributed by atoms with E-state index in [2.05, 4.69) is 20.8 Å². The maximum atomic E-state index is 12.8. The third-order valence-electron chi connectivity index (χ3n) is 12.9. The Bertz CT molecular complexity index is 920. The molecule has 0 aliphatic heterocycles. The van der Waals surface area contributed by atoms with Gasteiger partial charge in [-0.2, -0.15) is 0 Å². The van der Waals surface area contributed by atoms with E-state index < -0.39 is 6.10 Å². The van der Waals surface area contributed by atoms with Crippen molar-refractivity contribution in [3.63, 3.8) is 0 Å². The molecule has 0 saturated heterocycles. The summed E-state index contributed by atoms with van der Waals surface area (Å²) >= 11 is 0. The van der Waals surface area contributed by atoms with Crippen LogP contribution in [0.5, 0.6) is 0 Å². The quantitative estimate of drug-likeness (QED) is 0.0344. The van der Waals surface area contributed by atoms with Crippen molar-refractivity contribution in [1.29, 1.82) is 0 Å². The predicted octanol–water partition coefficient (Wildman–Crippen LogP) is 18.4. The van der Waals surface area contributed by atoms with Crippen LogP contribution in [0.4, 0.5) is 0 Å². The van der Waals surface area contributed by atoms with E-state index in [9.17, 15) is 14.4 Å². The van der Waals surface area contributed by atoms with Crippen LogP contribution in [-0.4, -0.2) is 37.2 Å². The molecule has 0 radical (unpaired) electrons. The molecule has 0 N–H and O–H groups in total. The van der Waals surface area contributed by atoms with Crippen LogP contribution in [0.15, 0.2) is 0 Å². The summed E-state index contributed by atoms with van der Waals surface area (Å²) in [6, 6.07) is 0. The number of carbonyl (C=O) groups excluding carboxylic acids is 3. The molecule has 0 aliphatic carbocycles. The Kier molecular flexibility index (Phi) is 50.7. The minimum atomic E-state index is -0.760. The molecule has 0 bridgehead atoms. The highest BCUT2D eigenvalue weighted by molar-refractivity contribution is 5.71.